The van der Waals surface area contributed by atoms with E-state index in [0.717, 1.165) is 20.7 Å². The van der Waals surface area contributed by atoms with E-state index in [0.29, 0.717) is 11.6 Å². The Morgan fingerprint density at radius 1 is 1.05 bits per heavy atom. The molecule has 102 valence electrons. The number of H-pyrrole nitrogens is 1. The number of aromatic nitrogens is 1. The molecule has 2 nitrogen and oxygen atoms in total. The quantitative estimate of drug-likeness (QED) is 0.595. The number of fused-ring (bicyclic) bond motifs is 1. The number of hydrogen-bond donors (Lipinski definition) is 2. The van der Waals surface area contributed by atoms with Gasteiger partial charge in [0.15, 0.2) is 0 Å². The number of aromatic amines is 1. The summed E-state index contributed by atoms with van der Waals surface area (Å²) in [7, 11) is 0. The maximum Gasteiger partial charge on any atom is 0.0502 e. The third-order valence-corrected chi connectivity index (χ3v) is 4.29. The summed E-state index contributed by atoms with van der Waals surface area (Å²) in [6, 6.07) is 11.5. The third kappa shape index (κ3) is 2.80. The molecular formula is C15H11BrCl2N2. The minimum Gasteiger partial charge on any atom is -0.380 e. The zero-order chi connectivity index (χ0) is 14.1. The maximum absolute atomic E-state index is 6.01. The van der Waals surface area contributed by atoms with Gasteiger partial charge in [0.05, 0.1) is 5.69 Å². The van der Waals surface area contributed by atoms with Crippen LogP contribution < -0.4 is 5.32 Å². The van der Waals surface area contributed by atoms with Gasteiger partial charge in [-0.1, -0.05) is 29.3 Å². The SMILES string of the molecule is Clc1ccc(Br)c(NCc2c[nH]c3cc(Cl)ccc23)c1. The smallest absolute Gasteiger partial charge is 0.0502 e. The molecule has 3 aromatic rings. The van der Waals surface area contributed by atoms with Crippen molar-refractivity contribution in [3.63, 3.8) is 0 Å². The molecule has 0 saturated carbocycles. The third-order valence-electron chi connectivity index (χ3n) is 3.13. The van der Waals surface area contributed by atoms with Crippen molar-refractivity contribution in [2.45, 2.75) is 6.54 Å². The van der Waals surface area contributed by atoms with Crippen molar-refractivity contribution in [1.82, 2.24) is 4.98 Å². The Morgan fingerprint density at radius 2 is 1.80 bits per heavy atom. The van der Waals surface area contributed by atoms with Crippen molar-refractivity contribution in [3.8, 4) is 0 Å². The van der Waals surface area contributed by atoms with E-state index < -0.39 is 0 Å². The van der Waals surface area contributed by atoms with Crippen LogP contribution in [0.3, 0.4) is 0 Å². The lowest BCUT2D eigenvalue weighted by Crippen LogP contribution is -1.99. The van der Waals surface area contributed by atoms with Gasteiger partial charge in [-0.2, -0.15) is 0 Å². The van der Waals surface area contributed by atoms with E-state index in [1.807, 2.05) is 42.6 Å². The summed E-state index contributed by atoms with van der Waals surface area (Å²) in [5.41, 5.74) is 3.20. The first-order valence-corrected chi connectivity index (χ1v) is 7.63. The molecule has 5 heteroatoms. The van der Waals surface area contributed by atoms with Crippen LogP contribution in [0.2, 0.25) is 10.0 Å². The van der Waals surface area contributed by atoms with Crippen LogP contribution in [0.25, 0.3) is 10.9 Å². The summed E-state index contributed by atoms with van der Waals surface area (Å²) in [6.07, 6.45) is 1.99. The first kappa shape index (κ1) is 13.8. The number of rotatable bonds is 3. The highest BCUT2D eigenvalue weighted by atomic mass is 79.9. The van der Waals surface area contributed by atoms with Gasteiger partial charge >= 0.3 is 0 Å². The molecule has 0 atom stereocenters. The summed E-state index contributed by atoms with van der Waals surface area (Å²) in [4.78, 5) is 3.23. The molecule has 1 heterocycles. The van der Waals surface area contributed by atoms with Crippen molar-refractivity contribution in [2.24, 2.45) is 0 Å². The molecule has 0 fully saturated rings. The molecule has 20 heavy (non-hydrogen) atoms. The zero-order valence-corrected chi connectivity index (χ0v) is 13.5. The van der Waals surface area contributed by atoms with E-state index in [2.05, 4.69) is 26.2 Å². The standard InChI is InChI=1S/C15H11BrCl2N2/c16-13-4-2-11(18)6-15(13)20-8-9-7-19-14-5-10(17)1-3-12(9)14/h1-7,19-20H,8H2. The van der Waals surface area contributed by atoms with Crippen LogP contribution in [0, 0.1) is 0 Å². The summed E-state index contributed by atoms with van der Waals surface area (Å²) >= 11 is 15.5. The minimum atomic E-state index is 0.709. The van der Waals surface area contributed by atoms with Gasteiger partial charge in [0, 0.05) is 38.2 Å². The predicted molar refractivity (Wildman–Crippen MR) is 89.8 cm³/mol. The van der Waals surface area contributed by atoms with Crippen molar-refractivity contribution < 1.29 is 0 Å². The van der Waals surface area contributed by atoms with Crippen LogP contribution >= 0.6 is 39.1 Å². The number of nitrogens with one attached hydrogen (secondary N) is 2. The summed E-state index contributed by atoms with van der Waals surface area (Å²) in [5, 5.41) is 5.99. The Hall–Kier alpha value is -1.16. The number of hydrogen-bond acceptors (Lipinski definition) is 1. The van der Waals surface area contributed by atoms with Crippen LogP contribution in [-0.4, -0.2) is 4.98 Å². The number of anilines is 1. The first-order valence-electron chi connectivity index (χ1n) is 6.08. The number of benzene rings is 2. The Kier molecular flexibility index (Phi) is 3.92. The second kappa shape index (κ2) is 5.68. The van der Waals surface area contributed by atoms with E-state index in [-0.39, 0.29) is 0 Å². The molecule has 0 unspecified atom stereocenters. The predicted octanol–water partition coefficient (Wildman–Crippen LogP) is 5.85. The average molecular weight is 370 g/mol. The zero-order valence-electron chi connectivity index (χ0n) is 10.4. The Balaban J connectivity index is 1.85. The van der Waals surface area contributed by atoms with Gasteiger partial charge in [-0.3, -0.25) is 0 Å². The molecule has 0 saturated heterocycles. The lowest BCUT2D eigenvalue weighted by atomic mass is 10.1. The van der Waals surface area contributed by atoms with Crippen molar-refractivity contribution in [1.29, 1.82) is 0 Å². The lowest BCUT2D eigenvalue weighted by Gasteiger charge is -2.08. The van der Waals surface area contributed by atoms with Gasteiger partial charge < -0.3 is 10.3 Å². The van der Waals surface area contributed by atoms with Crippen LogP contribution in [0.4, 0.5) is 5.69 Å². The Labute approximate surface area is 135 Å². The van der Waals surface area contributed by atoms with Gasteiger partial charge in [-0.15, -0.1) is 0 Å². The minimum absolute atomic E-state index is 0.709. The van der Waals surface area contributed by atoms with Gasteiger partial charge in [0.2, 0.25) is 0 Å². The average Bonchev–Trinajstić information content (AvgIpc) is 2.82. The first-order chi connectivity index (χ1) is 9.63. The Morgan fingerprint density at radius 3 is 2.65 bits per heavy atom. The van der Waals surface area contributed by atoms with Gasteiger partial charge in [-0.05, 0) is 51.8 Å². The Bertz CT molecular complexity index is 768. The van der Waals surface area contributed by atoms with Gasteiger partial charge in [0.1, 0.15) is 0 Å². The van der Waals surface area contributed by atoms with Crippen molar-refractivity contribution in [3.05, 3.63) is 62.7 Å². The molecular weight excluding hydrogens is 359 g/mol. The van der Waals surface area contributed by atoms with E-state index >= 15 is 0 Å². The second-order valence-electron chi connectivity index (χ2n) is 4.48. The largest absolute Gasteiger partial charge is 0.380 e. The maximum atomic E-state index is 6.01. The van der Waals surface area contributed by atoms with Gasteiger partial charge in [-0.25, -0.2) is 0 Å². The van der Waals surface area contributed by atoms with E-state index in [1.54, 1.807) is 0 Å². The van der Waals surface area contributed by atoms with Crippen LogP contribution in [-0.2, 0) is 6.54 Å². The summed E-state index contributed by atoms with van der Waals surface area (Å²) < 4.78 is 0.991. The van der Waals surface area contributed by atoms with E-state index in [4.69, 9.17) is 23.2 Å². The second-order valence-corrected chi connectivity index (χ2v) is 6.21. The fourth-order valence-corrected chi connectivity index (χ4v) is 2.86. The van der Waals surface area contributed by atoms with Crippen LogP contribution in [0.5, 0.6) is 0 Å². The van der Waals surface area contributed by atoms with E-state index in [1.165, 1.54) is 10.9 Å². The van der Waals surface area contributed by atoms with E-state index in [9.17, 15) is 0 Å². The van der Waals surface area contributed by atoms with Crippen LogP contribution in [0.15, 0.2) is 47.1 Å². The van der Waals surface area contributed by atoms with Crippen LogP contribution in [0.1, 0.15) is 5.56 Å². The summed E-state index contributed by atoms with van der Waals surface area (Å²) in [5.74, 6) is 0. The lowest BCUT2D eigenvalue weighted by molar-refractivity contribution is 1.16. The topological polar surface area (TPSA) is 27.8 Å². The molecule has 0 amide bonds. The molecule has 0 aliphatic heterocycles. The molecule has 2 aromatic carbocycles. The molecule has 0 bridgehead atoms. The molecule has 0 radical (unpaired) electrons. The van der Waals surface area contributed by atoms with Crippen molar-refractivity contribution >= 4 is 55.7 Å². The normalized spacial score (nSPS) is 10.9. The monoisotopic (exact) mass is 368 g/mol. The highest BCUT2D eigenvalue weighted by Crippen LogP contribution is 2.28. The molecule has 3 rings (SSSR count). The molecule has 0 spiro atoms. The molecule has 0 aliphatic rings. The fourth-order valence-electron chi connectivity index (χ4n) is 2.13. The number of halogens is 3. The highest BCUT2D eigenvalue weighted by Gasteiger charge is 2.05. The molecule has 0 aliphatic carbocycles. The highest BCUT2D eigenvalue weighted by molar-refractivity contribution is 9.10. The molecule has 1 aromatic heterocycles. The van der Waals surface area contributed by atoms with Crippen molar-refractivity contribution in [2.75, 3.05) is 5.32 Å². The van der Waals surface area contributed by atoms with Gasteiger partial charge in [0.25, 0.3) is 0 Å². The fraction of sp³-hybridized carbons (Fsp3) is 0.0667. The summed E-state index contributed by atoms with van der Waals surface area (Å²) in [6.45, 7) is 0.709. The molecule has 2 N–H and O–H groups in total.